The standard InChI is InChI=1S/C28H18Cl2N14O5S/c29-13-1-5-15(6-2-13)31-27(48)35-25-39-37-23-33-18(21(46)41-43(23)25)17(20(45)12-9-10-50-11-12)19-22(47)42-44-24(34-19)38-40-26(44)36-28(49)32-16-7-3-14(30)4-8-16/h1-11,17H,(H,41,46)(H,42,47)(H2,31,35,39,48)(H2,32,36,40,49). The normalized spacial score (nSPS) is 11.2. The minimum absolute atomic E-state index is 0.174. The minimum atomic E-state index is -1.66. The van der Waals surface area contributed by atoms with E-state index in [1.54, 1.807) is 53.9 Å². The topological polar surface area (TPSA) is 251 Å². The number of aromatic amines is 2. The number of amides is 4. The molecule has 6 N–H and O–H groups in total. The van der Waals surface area contributed by atoms with Gasteiger partial charge in [0.05, 0.1) is 0 Å². The fraction of sp³-hybridized carbons (Fsp3) is 0.0357. The number of rotatable bonds is 8. The third kappa shape index (κ3) is 6.48. The van der Waals surface area contributed by atoms with Crippen molar-refractivity contribution in [3.8, 4) is 0 Å². The molecule has 7 rings (SSSR count). The smallest absolute Gasteiger partial charge is 0.308 e. The number of hydrogen-bond donors (Lipinski definition) is 6. The Morgan fingerprint density at radius 3 is 1.54 bits per heavy atom. The van der Waals surface area contributed by atoms with Crippen LogP contribution in [0.4, 0.5) is 32.9 Å². The van der Waals surface area contributed by atoms with E-state index in [9.17, 15) is 24.0 Å². The third-order valence-electron chi connectivity index (χ3n) is 6.89. The Morgan fingerprint density at radius 2 is 1.12 bits per heavy atom. The fourth-order valence-corrected chi connectivity index (χ4v) is 5.53. The number of urea groups is 2. The number of hydrogen-bond acceptors (Lipinski definition) is 12. The van der Waals surface area contributed by atoms with Crippen LogP contribution in [-0.2, 0) is 0 Å². The van der Waals surface area contributed by atoms with Gasteiger partial charge in [-0.2, -0.15) is 20.4 Å². The molecule has 50 heavy (non-hydrogen) atoms. The van der Waals surface area contributed by atoms with Crippen molar-refractivity contribution >= 4 is 87.2 Å². The van der Waals surface area contributed by atoms with E-state index in [1.807, 2.05) is 0 Å². The summed E-state index contributed by atoms with van der Waals surface area (Å²) in [7, 11) is 0. The Bertz CT molecular complexity index is 2380. The molecule has 0 atom stereocenters. The molecular weight excluding hydrogens is 715 g/mol. The molecule has 2 aromatic carbocycles. The fourth-order valence-electron chi connectivity index (χ4n) is 4.63. The molecule has 0 aliphatic heterocycles. The number of nitrogens with one attached hydrogen (secondary N) is 6. The van der Waals surface area contributed by atoms with Crippen LogP contribution in [0.3, 0.4) is 0 Å². The molecule has 5 heterocycles. The van der Waals surface area contributed by atoms with E-state index in [0.29, 0.717) is 21.4 Å². The Hall–Kier alpha value is -6.51. The Labute approximate surface area is 290 Å². The average Bonchev–Trinajstić information content (AvgIpc) is 3.85. The predicted molar refractivity (Wildman–Crippen MR) is 181 cm³/mol. The van der Waals surface area contributed by atoms with Gasteiger partial charge in [-0.05, 0) is 60.0 Å². The maximum absolute atomic E-state index is 13.9. The Kier molecular flexibility index (Phi) is 8.45. The van der Waals surface area contributed by atoms with Crippen LogP contribution in [-0.4, -0.2) is 67.4 Å². The molecule has 0 aliphatic rings. The van der Waals surface area contributed by atoms with Crippen molar-refractivity contribution in [1.29, 1.82) is 0 Å². The lowest BCUT2D eigenvalue weighted by Crippen LogP contribution is -2.33. The van der Waals surface area contributed by atoms with Crippen molar-refractivity contribution in [3.05, 3.63) is 113 Å². The summed E-state index contributed by atoms with van der Waals surface area (Å²) < 4.78 is 1.98. The third-order valence-corrected chi connectivity index (χ3v) is 8.08. The molecule has 4 amide bonds. The lowest BCUT2D eigenvalue weighted by atomic mass is 9.93. The number of Topliss-reactive ketones (excluding diaryl/α,β-unsaturated/α-hetero) is 1. The number of benzene rings is 2. The van der Waals surface area contributed by atoms with Crippen LogP contribution in [0.25, 0.3) is 11.6 Å². The Balaban J connectivity index is 1.21. The monoisotopic (exact) mass is 732 g/mol. The molecule has 0 unspecified atom stereocenters. The number of anilines is 4. The molecule has 5 aromatic heterocycles. The van der Waals surface area contributed by atoms with E-state index in [2.05, 4.69) is 61.8 Å². The highest BCUT2D eigenvalue weighted by Gasteiger charge is 2.34. The van der Waals surface area contributed by atoms with Gasteiger partial charge in [-0.15, -0.1) is 20.4 Å². The quantitative estimate of drug-likeness (QED) is 0.123. The first-order chi connectivity index (χ1) is 24.1. The number of halogens is 2. The summed E-state index contributed by atoms with van der Waals surface area (Å²) >= 11 is 13.0. The van der Waals surface area contributed by atoms with Crippen LogP contribution < -0.4 is 32.4 Å². The van der Waals surface area contributed by atoms with E-state index in [4.69, 9.17) is 23.2 Å². The molecule has 0 fully saturated rings. The summed E-state index contributed by atoms with van der Waals surface area (Å²) in [6.07, 6.45) is 0. The van der Waals surface area contributed by atoms with Gasteiger partial charge >= 0.3 is 12.1 Å². The number of ketones is 1. The number of H-pyrrole nitrogens is 2. The van der Waals surface area contributed by atoms with E-state index < -0.39 is 46.3 Å². The van der Waals surface area contributed by atoms with Crippen molar-refractivity contribution in [2.24, 2.45) is 0 Å². The molecule has 0 bridgehead atoms. The van der Waals surface area contributed by atoms with Crippen molar-refractivity contribution in [2.45, 2.75) is 5.92 Å². The molecule has 0 saturated heterocycles. The van der Waals surface area contributed by atoms with E-state index in [1.165, 1.54) is 22.8 Å². The zero-order valence-corrected chi connectivity index (χ0v) is 27.0. The molecular formula is C28H18Cl2N14O5S. The first-order valence-electron chi connectivity index (χ1n) is 14.1. The molecule has 0 radical (unpaired) electrons. The van der Waals surface area contributed by atoms with Gasteiger partial charge in [0, 0.05) is 32.4 Å². The highest BCUT2D eigenvalue weighted by atomic mass is 35.5. The highest BCUT2D eigenvalue weighted by molar-refractivity contribution is 7.08. The van der Waals surface area contributed by atoms with Crippen LogP contribution >= 0.6 is 34.5 Å². The first kappa shape index (κ1) is 32.1. The van der Waals surface area contributed by atoms with Gasteiger partial charge in [0.2, 0.25) is 0 Å². The van der Waals surface area contributed by atoms with Crippen LogP contribution in [0.15, 0.2) is 74.9 Å². The van der Waals surface area contributed by atoms with Gasteiger partial charge in [-0.3, -0.25) is 35.2 Å². The number of aromatic nitrogens is 10. The van der Waals surface area contributed by atoms with Crippen molar-refractivity contribution < 1.29 is 14.4 Å². The number of thiophene rings is 1. The summed E-state index contributed by atoms with van der Waals surface area (Å²) in [6.45, 7) is 0. The van der Waals surface area contributed by atoms with Gasteiger partial charge < -0.3 is 10.6 Å². The van der Waals surface area contributed by atoms with Crippen molar-refractivity contribution in [1.82, 2.24) is 49.6 Å². The first-order valence-corrected chi connectivity index (χ1v) is 15.8. The van der Waals surface area contributed by atoms with Gasteiger partial charge in [0.1, 0.15) is 17.3 Å². The van der Waals surface area contributed by atoms with Crippen LogP contribution in [0, 0.1) is 0 Å². The molecule has 0 aliphatic carbocycles. The van der Waals surface area contributed by atoms with Crippen LogP contribution in [0.2, 0.25) is 10.0 Å². The highest BCUT2D eigenvalue weighted by Crippen LogP contribution is 2.24. The minimum Gasteiger partial charge on any atom is -0.308 e. The molecule has 0 saturated carbocycles. The number of carbonyl (C=O) groups is 3. The zero-order chi connectivity index (χ0) is 34.9. The largest absolute Gasteiger partial charge is 0.326 e. The van der Waals surface area contributed by atoms with Crippen LogP contribution in [0.5, 0.6) is 0 Å². The summed E-state index contributed by atoms with van der Waals surface area (Å²) in [5, 5.41) is 34.7. The van der Waals surface area contributed by atoms with E-state index in [0.717, 1.165) is 9.03 Å². The van der Waals surface area contributed by atoms with Gasteiger partial charge in [-0.25, -0.2) is 19.6 Å². The maximum Gasteiger partial charge on any atom is 0.326 e. The van der Waals surface area contributed by atoms with Gasteiger partial charge in [-0.1, -0.05) is 23.2 Å². The van der Waals surface area contributed by atoms with Crippen molar-refractivity contribution in [2.75, 3.05) is 21.3 Å². The predicted octanol–water partition coefficient (Wildman–Crippen LogP) is 3.61. The van der Waals surface area contributed by atoms with Crippen LogP contribution in [0.1, 0.15) is 27.7 Å². The second-order valence-corrected chi connectivity index (χ2v) is 11.8. The summed E-state index contributed by atoms with van der Waals surface area (Å²) in [5.41, 5.74) is -1.70. The van der Waals surface area contributed by atoms with Crippen molar-refractivity contribution in [3.63, 3.8) is 0 Å². The summed E-state index contributed by atoms with van der Waals surface area (Å²) in [6, 6.07) is 12.7. The number of nitrogens with zero attached hydrogens (tertiary/aromatic N) is 8. The molecule has 250 valence electrons. The zero-order valence-electron chi connectivity index (χ0n) is 24.7. The second-order valence-electron chi connectivity index (χ2n) is 10.2. The van der Waals surface area contributed by atoms with Gasteiger partial charge in [0.15, 0.2) is 5.78 Å². The number of fused-ring (bicyclic) bond motifs is 2. The maximum atomic E-state index is 13.9. The van der Waals surface area contributed by atoms with Gasteiger partial charge in [0.25, 0.3) is 34.6 Å². The lowest BCUT2D eigenvalue weighted by Gasteiger charge is -2.13. The van der Waals surface area contributed by atoms with E-state index >= 15 is 0 Å². The molecule has 19 nitrogen and oxygen atoms in total. The molecule has 22 heteroatoms. The summed E-state index contributed by atoms with van der Waals surface area (Å²) in [5.74, 6) is -3.19. The second kappa shape index (κ2) is 13.2. The number of carbonyl (C=O) groups excluding carboxylic acids is 3. The summed E-state index contributed by atoms with van der Waals surface area (Å²) in [4.78, 5) is 74.6. The molecule has 0 spiro atoms. The average molecular weight is 734 g/mol. The SMILES string of the molecule is O=C(Nc1ccc(Cl)cc1)Nc1nnc2nc(C(C(=O)c3ccsc3)c3nc4nnc(NC(=O)Nc5ccc(Cl)cc5)n4[nH]c3=O)c(=O)[nH]n12. The lowest BCUT2D eigenvalue weighted by molar-refractivity contribution is 0.0970. The Morgan fingerprint density at radius 1 is 0.660 bits per heavy atom. The molecule has 7 aromatic rings. The van der Waals surface area contributed by atoms with E-state index in [-0.39, 0.29) is 29.0 Å².